The van der Waals surface area contributed by atoms with Gasteiger partial charge in [0.1, 0.15) is 0 Å². The summed E-state index contributed by atoms with van der Waals surface area (Å²) >= 11 is 0. The number of hydrogen-bond acceptors (Lipinski definition) is 2. The van der Waals surface area contributed by atoms with Gasteiger partial charge in [0.05, 0.1) is 5.56 Å². The van der Waals surface area contributed by atoms with Crippen LogP contribution in [-0.4, -0.2) is 30.9 Å². The van der Waals surface area contributed by atoms with Gasteiger partial charge < -0.3 is 10.2 Å². The molecule has 0 fully saturated rings. The Hall–Kier alpha value is -2.29. The normalized spacial score (nSPS) is 13.8. The lowest BCUT2D eigenvalue weighted by atomic mass is 10.1. The van der Waals surface area contributed by atoms with Gasteiger partial charge in [-0.25, -0.2) is 0 Å². The molecule has 0 aromatic heterocycles. The van der Waals surface area contributed by atoms with E-state index in [-0.39, 0.29) is 5.91 Å². The second kappa shape index (κ2) is 5.60. The highest BCUT2D eigenvalue weighted by atomic mass is 16.2. The van der Waals surface area contributed by atoms with Gasteiger partial charge in [0, 0.05) is 25.8 Å². The van der Waals surface area contributed by atoms with Crippen LogP contribution in [0.2, 0.25) is 0 Å². The minimum atomic E-state index is 0.0358. The van der Waals surface area contributed by atoms with Crippen molar-refractivity contribution in [3.63, 3.8) is 0 Å². The molecule has 0 heterocycles. The summed E-state index contributed by atoms with van der Waals surface area (Å²) in [6.07, 6.45) is 2.03. The molecule has 0 saturated carbocycles. The van der Waals surface area contributed by atoms with E-state index < -0.39 is 0 Å². The Balaban J connectivity index is 1.80. The molecule has 1 N–H and O–H groups in total. The van der Waals surface area contributed by atoms with Gasteiger partial charge in [-0.1, -0.05) is 36.4 Å². The number of carbonyl (C=O) groups excluding carboxylic acids is 1. The molecule has 2 aromatic carbocycles. The second-order valence-electron chi connectivity index (χ2n) is 5.76. The number of benzene rings is 2. The third-order valence-electron chi connectivity index (χ3n) is 3.97. The topological polar surface area (TPSA) is 32.3 Å². The molecule has 3 rings (SSSR count). The van der Waals surface area contributed by atoms with Crippen molar-refractivity contribution in [3.8, 4) is 0 Å². The molecule has 0 atom stereocenters. The zero-order valence-corrected chi connectivity index (χ0v) is 12.5. The molecule has 1 aliphatic carbocycles. The summed E-state index contributed by atoms with van der Waals surface area (Å²) in [5.74, 6) is 0.0358. The molecule has 3 heteroatoms. The average molecular weight is 280 g/mol. The summed E-state index contributed by atoms with van der Waals surface area (Å²) in [5.41, 5.74) is 4.48. The van der Waals surface area contributed by atoms with E-state index in [1.165, 1.54) is 11.1 Å². The summed E-state index contributed by atoms with van der Waals surface area (Å²) in [4.78, 5) is 13.9. The Labute approximate surface area is 125 Å². The maximum atomic E-state index is 12.2. The van der Waals surface area contributed by atoms with Crippen LogP contribution in [0.15, 0.2) is 48.5 Å². The fourth-order valence-corrected chi connectivity index (χ4v) is 2.92. The van der Waals surface area contributed by atoms with Gasteiger partial charge in [-0.05, 0) is 36.1 Å². The van der Waals surface area contributed by atoms with E-state index in [0.717, 1.165) is 24.1 Å². The standard InChI is InChI=1S/C18H20N2O/c1-20(2)18(21)16-9-5-6-10-17(16)19-15-11-13-7-3-4-8-14(13)12-15/h3-10,15,19H,11-12H2,1-2H3. The van der Waals surface area contributed by atoms with E-state index in [0.29, 0.717) is 6.04 Å². The molecule has 0 radical (unpaired) electrons. The molecule has 2 aromatic rings. The van der Waals surface area contributed by atoms with Crippen LogP contribution < -0.4 is 5.32 Å². The number of para-hydroxylation sites is 1. The van der Waals surface area contributed by atoms with Crippen LogP contribution in [-0.2, 0) is 12.8 Å². The highest BCUT2D eigenvalue weighted by molar-refractivity contribution is 5.99. The molecule has 0 saturated heterocycles. The first-order chi connectivity index (χ1) is 10.1. The number of anilines is 1. The maximum absolute atomic E-state index is 12.2. The number of carbonyl (C=O) groups is 1. The second-order valence-corrected chi connectivity index (χ2v) is 5.76. The SMILES string of the molecule is CN(C)C(=O)c1ccccc1NC1Cc2ccccc2C1. The van der Waals surface area contributed by atoms with Crippen molar-refractivity contribution in [3.05, 3.63) is 65.2 Å². The highest BCUT2D eigenvalue weighted by Gasteiger charge is 2.22. The van der Waals surface area contributed by atoms with Gasteiger partial charge in [-0.2, -0.15) is 0 Å². The van der Waals surface area contributed by atoms with E-state index in [1.807, 2.05) is 24.3 Å². The molecular weight excluding hydrogens is 260 g/mol. The van der Waals surface area contributed by atoms with Crippen LogP contribution in [0.25, 0.3) is 0 Å². The van der Waals surface area contributed by atoms with Gasteiger partial charge in [-0.3, -0.25) is 4.79 Å². The van der Waals surface area contributed by atoms with E-state index in [4.69, 9.17) is 0 Å². The predicted octanol–water partition coefficient (Wildman–Crippen LogP) is 2.97. The smallest absolute Gasteiger partial charge is 0.255 e. The van der Waals surface area contributed by atoms with Gasteiger partial charge in [0.2, 0.25) is 0 Å². The molecule has 1 aliphatic rings. The summed E-state index contributed by atoms with van der Waals surface area (Å²) < 4.78 is 0. The average Bonchev–Trinajstić information content (AvgIpc) is 2.89. The Morgan fingerprint density at radius 2 is 1.57 bits per heavy atom. The quantitative estimate of drug-likeness (QED) is 0.937. The number of amides is 1. The Kier molecular flexibility index (Phi) is 3.65. The first-order valence-corrected chi connectivity index (χ1v) is 7.29. The zero-order chi connectivity index (χ0) is 14.8. The number of fused-ring (bicyclic) bond motifs is 1. The summed E-state index contributed by atoms with van der Waals surface area (Å²) in [6, 6.07) is 16.7. The van der Waals surface area contributed by atoms with Crippen LogP contribution in [0.5, 0.6) is 0 Å². The molecule has 21 heavy (non-hydrogen) atoms. The van der Waals surface area contributed by atoms with Crippen LogP contribution in [0.1, 0.15) is 21.5 Å². The van der Waals surface area contributed by atoms with E-state index in [2.05, 4.69) is 29.6 Å². The number of rotatable bonds is 3. The molecule has 108 valence electrons. The fourth-order valence-electron chi connectivity index (χ4n) is 2.92. The Bertz CT molecular complexity index is 639. The molecule has 0 bridgehead atoms. The molecule has 1 amide bonds. The first-order valence-electron chi connectivity index (χ1n) is 7.29. The van der Waals surface area contributed by atoms with Crippen LogP contribution >= 0.6 is 0 Å². The van der Waals surface area contributed by atoms with E-state index in [1.54, 1.807) is 19.0 Å². The van der Waals surface area contributed by atoms with Crippen molar-refractivity contribution in [2.24, 2.45) is 0 Å². The largest absolute Gasteiger partial charge is 0.381 e. The van der Waals surface area contributed by atoms with Gasteiger partial charge in [-0.15, -0.1) is 0 Å². The lowest BCUT2D eigenvalue weighted by molar-refractivity contribution is 0.0828. The number of nitrogens with one attached hydrogen (secondary N) is 1. The van der Waals surface area contributed by atoms with Crippen LogP contribution in [0.4, 0.5) is 5.69 Å². The summed E-state index contributed by atoms with van der Waals surface area (Å²) in [6.45, 7) is 0. The number of nitrogens with zero attached hydrogens (tertiary/aromatic N) is 1. The van der Waals surface area contributed by atoms with Gasteiger partial charge >= 0.3 is 0 Å². The van der Waals surface area contributed by atoms with Crippen molar-refractivity contribution in [1.82, 2.24) is 4.90 Å². The molecular formula is C18H20N2O. The lowest BCUT2D eigenvalue weighted by Crippen LogP contribution is -2.25. The van der Waals surface area contributed by atoms with Crippen molar-refractivity contribution in [2.75, 3.05) is 19.4 Å². The Morgan fingerprint density at radius 3 is 2.19 bits per heavy atom. The van der Waals surface area contributed by atoms with Gasteiger partial charge in [0.25, 0.3) is 5.91 Å². The maximum Gasteiger partial charge on any atom is 0.255 e. The molecule has 0 aliphatic heterocycles. The lowest BCUT2D eigenvalue weighted by Gasteiger charge is -2.18. The van der Waals surface area contributed by atoms with Crippen molar-refractivity contribution >= 4 is 11.6 Å². The minimum Gasteiger partial charge on any atom is -0.381 e. The molecule has 0 spiro atoms. The summed E-state index contributed by atoms with van der Waals surface area (Å²) in [7, 11) is 3.56. The van der Waals surface area contributed by atoms with Crippen molar-refractivity contribution in [1.29, 1.82) is 0 Å². The third kappa shape index (κ3) is 2.77. The third-order valence-corrected chi connectivity index (χ3v) is 3.97. The van der Waals surface area contributed by atoms with Crippen molar-refractivity contribution < 1.29 is 4.79 Å². The van der Waals surface area contributed by atoms with E-state index >= 15 is 0 Å². The number of hydrogen-bond donors (Lipinski definition) is 1. The zero-order valence-electron chi connectivity index (χ0n) is 12.5. The monoisotopic (exact) mass is 280 g/mol. The predicted molar refractivity (Wildman–Crippen MR) is 85.7 cm³/mol. The van der Waals surface area contributed by atoms with Crippen molar-refractivity contribution in [2.45, 2.75) is 18.9 Å². The fraction of sp³-hybridized carbons (Fsp3) is 0.278. The van der Waals surface area contributed by atoms with Crippen LogP contribution in [0.3, 0.4) is 0 Å². The Morgan fingerprint density at radius 1 is 1.00 bits per heavy atom. The minimum absolute atomic E-state index is 0.0358. The highest BCUT2D eigenvalue weighted by Crippen LogP contribution is 2.26. The molecule has 0 unspecified atom stereocenters. The molecule has 3 nitrogen and oxygen atoms in total. The van der Waals surface area contributed by atoms with E-state index in [9.17, 15) is 4.79 Å². The summed E-state index contributed by atoms with van der Waals surface area (Å²) in [5, 5.41) is 3.54. The van der Waals surface area contributed by atoms with Crippen LogP contribution in [0, 0.1) is 0 Å². The first kappa shape index (κ1) is 13.7. The van der Waals surface area contributed by atoms with Gasteiger partial charge in [0.15, 0.2) is 0 Å².